The second-order valence-corrected chi connectivity index (χ2v) is 7.84. The summed E-state index contributed by atoms with van der Waals surface area (Å²) in [5.74, 6) is 0.868. The van der Waals surface area contributed by atoms with Gasteiger partial charge in [0.15, 0.2) is 0 Å². The van der Waals surface area contributed by atoms with E-state index < -0.39 is 0 Å². The average molecular weight is 461 g/mol. The number of carbonyl (C=O) groups excluding carboxylic acids is 2. The summed E-state index contributed by atoms with van der Waals surface area (Å²) in [6.45, 7) is 5.34. The first-order chi connectivity index (χ1) is 16.6. The molecule has 0 saturated carbocycles. The summed E-state index contributed by atoms with van der Waals surface area (Å²) in [5, 5.41) is 5.70. The maximum atomic E-state index is 12.9. The molecular formula is C28H32N2O4. The number of hydrogen-bond donors (Lipinski definition) is 2. The highest BCUT2D eigenvalue weighted by atomic mass is 16.5. The fourth-order valence-corrected chi connectivity index (χ4v) is 3.41. The molecular weight excluding hydrogens is 428 g/mol. The van der Waals surface area contributed by atoms with Gasteiger partial charge in [-0.1, -0.05) is 38.3 Å². The van der Waals surface area contributed by atoms with Crippen LogP contribution in [0.25, 0.3) is 0 Å². The average Bonchev–Trinajstić information content (AvgIpc) is 2.86. The van der Waals surface area contributed by atoms with Crippen molar-refractivity contribution in [3.8, 4) is 11.5 Å². The summed E-state index contributed by atoms with van der Waals surface area (Å²) in [5.41, 5.74) is 1.93. The van der Waals surface area contributed by atoms with Crippen molar-refractivity contribution in [3.05, 3.63) is 83.9 Å². The second-order valence-electron chi connectivity index (χ2n) is 7.84. The van der Waals surface area contributed by atoms with Crippen molar-refractivity contribution in [1.82, 2.24) is 0 Å². The first-order valence-corrected chi connectivity index (χ1v) is 11.8. The number of carbonyl (C=O) groups is 2. The maximum Gasteiger partial charge on any atom is 0.257 e. The standard InChI is InChI=1S/C28H32N2O4/c1-3-5-6-9-20-34-24-16-12-21(13-17-24)27(31)30-26-11-8-7-10-25(26)28(32)29-22-14-18-23(19-15-22)33-4-2/h7-8,10-19H,3-6,9,20H2,1-2H3,(H,29,32)(H,30,31). The molecule has 0 spiro atoms. The Balaban J connectivity index is 1.60. The molecule has 0 fully saturated rings. The highest BCUT2D eigenvalue weighted by Gasteiger charge is 2.14. The molecule has 2 amide bonds. The topological polar surface area (TPSA) is 76.7 Å². The van der Waals surface area contributed by atoms with Crippen molar-refractivity contribution < 1.29 is 19.1 Å². The van der Waals surface area contributed by atoms with Gasteiger partial charge in [-0.2, -0.15) is 0 Å². The van der Waals surface area contributed by atoms with Crippen molar-refractivity contribution in [2.24, 2.45) is 0 Å². The van der Waals surface area contributed by atoms with E-state index in [1.165, 1.54) is 12.8 Å². The minimum absolute atomic E-state index is 0.296. The van der Waals surface area contributed by atoms with Crippen molar-refractivity contribution >= 4 is 23.2 Å². The first kappa shape index (κ1) is 24.8. The van der Waals surface area contributed by atoms with Gasteiger partial charge in [-0.3, -0.25) is 9.59 Å². The van der Waals surface area contributed by atoms with E-state index in [2.05, 4.69) is 17.6 Å². The Bertz CT molecular complexity index is 1060. The summed E-state index contributed by atoms with van der Waals surface area (Å²) in [6.07, 6.45) is 4.58. The molecule has 0 unspecified atom stereocenters. The Labute approximate surface area is 201 Å². The molecule has 0 aliphatic heterocycles. The third-order valence-corrected chi connectivity index (χ3v) is 5.23. The van der Waals surface area contributed by atoms with Gasteiger partial charge in [0, 0.05) is 11.3 Å². The molecule has 0 atom stereocenters. The summed E-state index contributed by atoms with van der Waals surface area (Å²) < 4.78 is 11.2. The lowest BCUT2D eigenvalue weighted by molar-refractivity contribution is 0.102. The van der Waals surface area contributed by atoms with Gasteiger partial charge >= 0.3 is 0 Å². The monoisotopic (exact) mass is 460 g/mol. The molecule has 34 heavy (non-hydrogen) atoms. The number of anilines is 2. The van der Waals surface area contributed by atoms with Crippen LogP contribution in [0, 0.1) is 0 Å². The number of para-hydroxylation sites is 1. The zero-order valence-corrected chi connectivity index (χ0v) is 19.8. The zero-order valence-electron chi connectivity index (χ0n) is 19.8. The molecule has 0 radical (unpaired) electrons. The number of benzene rings is 3. The molecule has 3 rings (SSSR count). The van der Waals surface area contributed by atoms with Crippen LogP contribution in [0.5, 0.6) is 11.5 Å². The minimum Gasteiger partial charge on any atom is -0.494 e. The molecule has 178 valence electrons. The largest absolute Gasteiger partial charge is 0.494 e. The molecule has 0 aromatic heterocycles. The van der Waals surface area contributed by atoms with Crippen molar-refractivity contribution in [2.75, 3.05) is 23.8 Å². The molecule has 6 heteroatoms. The number of amides is 2. The lowest BCUT2D eigenvalue weighted by Crippen LogP contribution is -2.18. The van der Waals surface area contributed by atoms with E-state index in [1.807, 2.05) is 6.92 Å². The Hall–Kier alpha value is -3.80. The van der Waals surface area contributed by atoms with Crippen LogP contribution in [0.4, 0.5) is 11.4 Å². The van der Waals surface area contributed by atoms with E-state index in [0.717, 1.165) is 24.3 Å². The van der Waals surface area contributed by atoms with E-state index in [-0.39, 0.29) is 11.8 Å². The van der Waals surface area contributed by atoms with Gasteiger partial charge in [-0.05, 0) is 74.0 Å². The van der Waals surface area contributed by atoms with E-state index in [9.17, 15) is 9.59 Å². The molecule has 0 aliphatic carbocycles. The third kappa shape index (κ3) is 7.37. The number of rotatable bonds is 12. The lowest BCUT2D eigenvalue weighted by Gasteiger charge is -2.12. The Kier molecular flexibility index (Phi) is 9.52. The summed E-state index contributed by atoms with van der Waals surface area (Å²) in [6, 6.07) is 21.1. The molecule has 0 bridgehead atoms. The van der Waals surface area contributed by atoms with Crippen LogP contribution >= 0.6 is 0 Å². The third-order valence-electron chi connectivity index (χ3n) is 5.23. The summed E-state index contributed by atoms with van der Waals surface area (Å²) in [7, 11) is 0. The van der Waals surface area contributed by atoms with Crippen LogP contribution in [0.3, 0.4) is 0 Å². The van der Waals surface area contributed by atoms with Crippen LogP contribution in [-0.2, 0) is 0 Å². The fraction of sp³-hybridized carbons (Fsp3) is 0.286. The highest BCUT2D eigenvalue weighted by molar-refractivity contribution is 6.12. The van der Waals surface area contributed by atoms with Gasteiger partial charge in [0.1, 0.15) is 11.5 Å². The predicted octanol–water partition coefficient (Wildman–Crippen LogP) is 6.55. The van der Waals surface area contributed by atoms with Crippen LogP contribution in [0.15, 0.2) is 72.8 Å². The van der Waals surface area contributed by atoms with Crippen LogP contribution in [-0.4, -0.2) is 25.0 Å². The summed E-state index contributed by atoms with van der Waals surface area (Å²) in [4.78, 5) is 25.7. The van der Waals surface area contributed by atoms with Gasteiger partial charge in [-0.15, -0.1) is 0 Å². The second kappa shape index (κ2) is 13.0. The van der Waals surface area contributed by atoms with Gasteiger partial charge in [0.05, 0.1) is 24.5 Å². The predicted molar refractivity (Wildman–Crippen MR) is 136 cm³/mol. The van der Waals surface area contributed by atoms with Gasteiger partial charge in [-0.25, -0.2) is 0 Å². The highest BCUT2D eigenvalue weighted by Crippen LogP contribution is 2.21. The van der Waals surface area contributed by atoms with Gasteiger partial charge < -0.3 is 20.1 Å². The molecule has 2 N–H and O–H groups in total. The molecule has 0 heterocycles. The van der Waals surface area contributed by atoms with E-state index >= 15 is 0 Å². The number of unbranched alkanes of at least 4 members (excludes halogenated alkanes) is 3. The molecule has 0 saturated heterocycles. The van der Waals surface area contributed by atoms with E-state index in [1.54, 1.807) is 72.8 Å². The summed E-state index contributed by atoms with van der Waals surface area (Å²) >= 11 is 0. The zero-order chi connectivity index (χ0) is 24.2. The Morgan fingerprint density at radius 1 is 0.706 bits per heavy atom. The number of ether oxygens (including phenoxy) is 2. The van der Waals surface area contributed by atoms with Crippen LogP contribution < -0.4 is 20.1 Å². The molecule has 3 aromatic rings. The molecule has 3 aromatic carbocycles. The number of hydrogen-bond acceptors (Lipinski definition) is 4. The smallest absolute Gasteiger partial charge is 0.257 e. The Morgan fingerprint density at radius 3 is 2.09 bits per heavy atom. The quantitative estimate of drug-likeness (QED) is 0.301. The normalized spacial score (nSPS) is 10.4. The first-order valence-electron chi connectivity index (χ1n) is 11.8. The Morgan fingerprint density at radius 2 is 1.38 bits per heavy atom. The maximum absolute atomic E-state index is 12.9. The van der Waals surface area contributed by atoms with Gasteiger partial charge in [0.25, 0.3) is 11.8 Å². The lowest BCUT2D eigenvalue weighted by atomic mass is 10.1. The van der Waals surface area contributed by atoms with Crippen molar-refractivity contribution in [1.29, 1.82) is 0 Å². The fourth-order valence-electron chi connectivity index (χ4n) is 3.41. The van der Waals surface area contributed by atoms with Gasteiger partial charge in [0.2, 0.25) is 0 Å². The van der Waals surface area contributed by atoms with E-state index in [0.29, 0.717) is 35.7 Å². The van der Waals surface area contributed by atoms with Crippen molar-refractivity contribution in [3.63, 3.8) is 0 Å². The van der Waals surface area contributed by atoms with Crippen molar-refractivity contribution in [2.45, 2.75) is 39.5 Å². The minimum atomic E-state index is -0.313. The van der Waals surface area contributed by atoms with Crippen LogP contribution in [0.1, 0.15) is 60.2 Å². The molecule has 6 nitrogen and oxygen atoms in total. The van der Waals surface area contributed by atoms with E-state index in [4.69, 9.17) is 9.47 Å². The van der Waals surface area contributed by atoms with Crippen LogP contribution in [0.2, 0.25) is 0 Å². The number of nitrogens with one attached hydrogen (secondary N) is 2. The SMILES string of the molecule is CCCCCCOc1ccc(C(=O)Nc2ccccc2C(=O)Nc2ccc(OCC)cc2)cc1. The molecule has 0 aliphatic rings.